The Morgan fingerprint density at radius 2 is 1.81 bits per heavy atom. The Hall–Kier alpha value is -1.96. The summed E-state index contributed by atoms with van der Waals surface area (Å²) in [6.07, 6.45) is 1.43. The molecule has 0 amide bonds. The number of methoxy groups -OCH3 is 1. The molecular formula is C20H24FNO4S. The smallest absolute Gasteiger partial charge is 0.246 e. The van der Waals surface area contributed by atoms with Crippen molar-refractivity contribution in [3.05, 3.63) is 59.9 Å². The van der Waals surface area contributed by atoms with Crippen molar-refractivity contribution in [1.82, 2.24) is 4.31 Å². The number of piperidine rings is 1. The van der Waals surface area contributed by atoms with Crippen LogP contribution in [-0.4, -0.2) is 39.5 Å². The number of hydrogen-bond donors (Lipinski definition) is 0. The largest absolute Gasteiger partial charge is 0.495 e. The number of halogens is 1. The molecule has 0 saturated carbocycles. The van der Waals surface area contributed by atoms with Gasteiger partial charge >= 0.3 is 0 Å². The summed E-state index contributed by atoms with van der Waals surface area (Å²) >= 11 is 0. The predicted octanol–water partition coefficient (Wildman–Crippen LogP) is 3.45. The lowest BCUT2D eigenvalue weighted by Crippen LogP contribution is -2.39. The zero-order valence-electron chi connectivity index (χ0n) is 15.3. The normalized spacial score (nSPS) is 16.4. The van der Waals surface area contributed by atoms with Crippen LogP contribution in [0.5, 0.6) is 5.75 Å². The third-order valence-corrected chi connectivity index (χ3v) is 6.70. The van der Waals surface area contributed by atoms with Crippen LogP contribution in [0.2, 0.25) is 0 Å². The molecule has 1 aliphatic rings. The van der Waals surface area contributed by atoms with Gasteiger partial charge in [0.05, 0.1) is 13.7 Å². The highest BCUT2D eigenvalue weighted by molar-refractivity contribution is 7.89. The first kappa shape index (κ1) is 19.8. The van der Waals surface area contributed by atoms with E-state index < -0.39 is 15.8 Å². The van der Waals surface area contributed by atoms with Crippen LogP contribution in [0.1, 0.15) is 18.4 Å². The van der Waals surface area contributed by atoms with Crippen LogP contribution in [0.25, 0.3) is 0 Å². The molecule has 2 aromatic rings. The lowest BCUT2D eigenvalue weighted by Gasteiger charge is -2.31. The minimum Gasteiger partial charge on any atom is -0.495 e. The van der Waals surface area contributed by atoms with E-state index in [9.17, 15) is 12.8 Å². The van der Waals surface area contributed by atoms with Crippen molar-refractivity contribution in [2.24, 2.45) is 5.92 Å². The van der Waals surface area contributed by atoms with E-state index in [0.717, 1.165) is 11.6 Å². The minimum atomic E-state index is -3.79. The first-order valence-corrected chi connectivity index (χ1v) is 10.4. The molecule has 0 aliphatic carbocycles. The molecule has 1 heterocycles. The number of hydrogen-bond acceptors (Lipinski definition) is 4. The third-order valence-electron chi connectivity index (χ3n) is 4.78. The van der Waals surface area contributed by atoms with E-state index in [0.29, 0.717) is 45.1 Å². The van der Waals surface area contributed by atoms with Crippen LogP contribution in [-0.2, 0) is 21.4 Å². The molecule has 1 fully saturated rings. The molecule has 7 heteroatoms. The fraction of sp³-hybridized carbons (Fsp3) is 0.400. The molecule has 0 unspecified atom stereocenters. The molecule has 0 bridgehead atoms. The number of nitrogens with zero attached hydrogens (tertiary/aromatic N) is 1. The molecule has 1 aliphatic heterocycles. The van der Waals surface area contributed by atoms with Crippen molar-refractivity contribution in [3.8, 4) is 5.75 Å². The van der Waals surface area contributed by atoms with Gasteiger partial charge in [-0.1, -0.05) is 30.3 Å². The molecule has 146 valence electrons. The highest BCUT2D eigenvalue weighted by atomic mass is 32.2. The zero-order valence-corrected chi connectivity index (χ0v) is 16.1. The number of sulfonamides is 1. The van der Waals surface area contributed by atoms with E-state index in [2.05, 4.69) is 0 Å². The number of benzene rings is 2. The molecule has 1 saturated heterocycles. The fourth-order valence-corrected chi connectivity index (χ4v) is 4.86. The van der Waals surface area contributed by atoms with Crippen molar-refractivity contribution >= 4 is 10.0 Å². The second-order valence-corrected chi connectivity index (χ2v) is 8.55. The lowest BCUT2D eigenvalue weighted by atomic mass is 9.99. The van der Waals surface area contributed by atoms with Gasteiger partial charge in [-0.15, -0.1) is 0 Å². The minimum absolute atomic E-state index is 0.122. The van der Waals surface area contributed by atoms with E-state index in [4.69, 9.17) is 9.47 Å². The van der Waals surface area contributed by atoms with Crippen LogP contribution in [0, 0.1) is 11.7 Å². The highest BCUT2D eigenvalue weighted by Crippen LogP contribution is 2.30. The second-order valence-electron chi connectivity index (χ2n) is 6.64. The van der Waals surface area contributed by atoms with Crippen molar-refractivity contribution in [2.45, 2.75) is 24.3 Å². The van der Waals surface area contributed by atoms with Crippen LogP contribution in [0.4, 0.5) is 4.39 Å². The van der Waals surface area contributed by atoms with Crippen molar-refractivity contribution in [2.75, 3.05) is 26.8 Å². The van der Waals surface area contributed by atoms with Gasteiger partial charge in [0.2, 0.25) is 10.0 Å². The van der Waals surface area contributed by atoms with Gasteiger partial charge < -0.3 is 9.47 Å². The summed E-state index contributed by atoms with van der Waals surface area (Å²) in [5.74, 6) is -0.127. The van der Waals surface area contributed by atoms with Gasteiger partial charge in [0.1, 0.15) is 16.5 Å². The molecular weight excluding hydrogens is 369 g/mol. The maximum atomic E-state index is 13.6. The number of ether oxygens (including phenoxy) is 2. The molecule has 0 radical (unpaired) electrons. The van der Waals surface area contributed by atoms with E-state index in [1.54, 1.807) is 0 Å². The molecule has 27 heavy (non-hydrogen) atoms. The first-order valence-electron chi connectivity index (χ1n) is 8.96. The first-order chi connectivity index (χ1) is 13.0. The maximum absolute atomic E-state index is 13.6. The summed E-state index contributed by atoms with van der Waals surface area (Å²) in [7, 11) is -2.41. The highest BCUT2D eigenvalue weighted by Gasteiger charge is 2.31. The Kier molecular flexibility index (Phi) is 6.46. The number of rotatable bonds is 7. The lowest BCUT2D eigenvalue weighted by molar-refractivity contribution is 0.0687. The Morgan fingerprint density at radius 3 is 2.48 bits per heavy atom. The molecule has 2 aromatic carbocycles. The molecule has 0 atom stereocenters. The Bertz CT molecular complexity index is 850. The summed E-state index contributed by atoms with van der Waals surface area (Å²) in [6.45, 7) is 1.94. The molecule has 0 N–H and O–H groups in total. The van der Waals surface area contributed by atoms with E-state index >= 15 is 0 Å². The van der Waals surface area contributed by atoms with Gasteiger partial charge in [0.25, 0.3) is 0 Å². The van der Waals surface area contributed by atoms with E-state index in [1.165, 1.54) is 23.5 Å². The summed E-state index contributed by atoms with van der Waals surface area (Å²) in [5.41, 5.74) is 1.12. The predicted molar refractivity (Wildman–Crippen MR) is 101 cm³/mol. The van der Waals surface area contributed by atoms with Crippen molar-refractivity contribution in [1.29, 1.82) is 0 Å². The monoisotopic (exact) mass is 393 g/mol. The van der Waals surface area contributed by atoms with Gasteiger partial charge in [0.15, 0.2) is 0 Å². The summed E-state index contributed by atoms with van der Waals surface area (Å²) in [6, 6.07) is 13.5. The van der Waals surface area contributed by atoms with Crippen molar-refractivity contribution < 1.29 is 22.3 Å². The topological polar surface area (TPSA) is 55.8 Å². The van der Waals surface area contributed by atoms with Crippen LogP contribution >= 0.6 is 0 Å². The van der Waals surface area contributed by atoms with E-state index in [1.807, 2.05) is 30.3 Å². The molecule has 0 aromatic heterocycles. The Balaban J connectivity index is 1.56. The molecule has 0 spiro atoms. The Labute approximate surface area is 159 Å². The summed E-state index contributed by atoms with van der Waals surface area (Å²) in [4.78, 5) is -0.122. The van der Waals surface area contributed by atoms with Gasteiger partial charge in [-0.05, 0) is 42.5 Å². The van der Waals surface area contributed by atoms with Crippen LogP contribution in [0.15, 0.2) is 53.4 Å². The average molecular weight is 393 g/mol. The summed E-state index contributed by atoms with van der Waals surface area (Å²) in [5, 5.41) is 0. The van der Waals surface area contributed by atoms with Crippen LogP contribution in [0.3, 0.4) is 0 Å². The van der Waals surface area contributed by atoms with Crippen LogP contribution < -0.4 is 4.74 Å². The zero-order chi connectivity index (χ0) is 19.3. The van der Waals surface area contributed by atoms with Crippen molar-refractivity contribution in [3.63, 3.8) is 0 Å². The Morgan fingerprint density at radius 1 is 1.11 bits per heavy atom. The van der Waals surface area contributed by atoms with Gasteiger partial charge in [-0.2, -0.15) is 4.31 Å². The fourth-order valence-electron chi connectivity index (χ4n) is 3.23. The summed E-state index contributed by atoms with van der Waals surface area (Å²) < 4.78 is 51.6. The average Bonchev–Trinajstić information content (AvgIpc) is 2.69. The maximum Gasteiger partial charge on any atom is 0.246 e. The van der Waals surface area contributed by atoms with Gasteiger partial charge in [0, 0.05) is 19.7 Å². The molecule has 5 nitrogen and oxygen atoms in total. The molecule has 3 rings (SSSR count). The quantitative estimate of drug-likeness (QED) is 0.723. The van der Waals surface area contributed by atoms with Gasteiger partial charge in [-0.3, -0.25) is 0 Å². The standard InChI is InChI=1S/C20H24FNO4S/c1-25-19-8-7-18(21)13-20(19)27(23,24)22-11-9-17(10-12-22)15-26-14-16-5-3-2-4-6-16/h2-8,13,17H,9-12,14-15H2,1H3. The van der Waals surface area contributed by atoms with E-state index in [-0.39, 0.29) is 10.6 Å². The SMILES string of the molecule is COc1ccc(F)cc1S(=O)(=O)N1CCC(COCc2ccccc2)CC1. The van der Waals surface area contributed by atoms with Gasteiger partial charge in [-0.25, -0.2) is 12.8 Å². The second kappa shape index (κ2) is 8.82. The third kappa shape index (κ3) is 4.86.